The fourth-order valence-electron chi connectivity index (χ4n) is 2.97. The molecule has 2 heterocycles. The summed E-state index contributed by atoms with van der Waals surface area (Å²) in [5.74, 6) is 0. The zero-order valence-corrected chi connectivity index (χ0v) is 12.7. The Morgan fingerprint density at radius 3 is 2.57 bits per heavy atom. The number of hydrogen-bond acceptors (Lipinski definition) is 3. The lowest BCUT2D eigenvalue weighted by molar-refractivity contribution is -0.254. The monoisotopic (exact) mass is 325 g/mol. The number of rotatable bonds is 3. The predicted octanol–water partition coefficient (Wildman–Crippen LogP) is 2.59. The van der Waals surface area contributed by atoms with Gasteiger partial charge in [-0.15, -0.1) is 0 Å². The van der Waals surface area contributed by atoms with Crippen molar-refractivity contribution in [2.45, 2.75) is 24.7 Å². The van der Waals surface area contributed by atoms with E-state index in [9.17, 15) is 18.3 Å². The van der Waals surface area contributed by atoms with Gasteiger partial charge in [-0.25, -0.2) is 0 Å². The molecule has 3 rings (SSSR count). The topological polar surface area (TPSA) is 41.3 Å². The van der Waals surface area contributed by atoms with Crippen molar-refractivity contribution in [3.63, 3.8) is 0 Å². The summed E-state index contributed by atoms with van der Waals surface area (Å²) in [6.45, 7) is 0.134. The fourth-order valence-corrected chi connectivity index (χ4v) is 2.97. The Morgan fingerprint density at radius 2 is 1.96 bits per heavy atom. The van der Waals surface area contributed by atoms with Crippen LogP contribution in [0.1, 0.15) is 12.0 Å². The molecule has 23 heavy (non-hydrogen) atoms. The van der Waals surface area contributed by atoms with E-state index in [4.69, 9.17) is 0 Å². The van der Waals surface area contributed by atoms with Crippen LogP contribution in [0.25, 0.3) is 11.3 Å². The highest BCUT2D eigenvalue weighted by Gasteiger charge is 2.56. The van der Waals surface area contributed by atoms with Crippen LogP contribution in [-0.4, -0.2) is 44.7 Å². The van der Waals surface area contributed by atoms with Gasteiger partial charge in [0.15, 0.2) is 5.60 Å². The molecule has 124 valence electrons. The highest BCUT2D eigenvalue weighted by molar-refractivity contribution is 5.62. The van der Waals surface area contributed by atoms with E-state index in [1.165, 1.54) is 0 Å². The standard InChI is InChI=1S/C16H18F3N3O/c1-21-9-13(14(20-21)12-5-3-2-4-6-12)10-22-8-7-15(23,11-22)16(17,18)19/h2-6,9,23H,7-8,10-11H2,1H3. The minimum absolute atomic E-state index is 0.207. The quantitative estimate of drug-likeness (QED) is 0.943. The van der Waals surface area contributed by atoms with E-state index in [2.05, 4.69) is 5.10 Å². The Kier molecular flexibility index (Phi) is 3.93. The zero-order chi connectivity index (χ0) is 16.7. The Labute approximate surface area is 132 Å². The SMILES string of the molecule is Cn1cc(CN2CCC(O)(C(F)(F)F)C2)c(-c2ccccc2)n1. The third-order valence-electron chi connectivity index (χ3n) is 4.20. The normalized spacial score (nSPS) is 22.7. The smallest absolute Gasteiger partial charge is 0.379 e. The summed E-state index contributed by atoms with van der Waals surface area (Å²) in [7, 11) is 1.78. The van der Waals surface area contributed by atoms with Crippen LogP contribution in [0, 0.1) is 0 Å². The third-order valence-corrected chi connectivity index (χ3v) is 4.20. The van der Waals surface area contributed by atoms with Gasteiger partial charge in [-0.2, -0.15) is 18.3 Å². The minimum Gasteiger partial charge on any atom is -0.379 e. The largest absolute Gasteiger partial charge is 0.418 e. The lowest BCUT2D eigenvalue weighted by Crippen LogP contribution is -2.47. The molecule has 0 aliphatic carbocycles. The van der Waals surface area contributed by atoms with Crippen LogP contribution in [-0.2, 0) is 13.6 Å². The second kappa shape index (κ2) is 5.65. The van der Waals surface area contributed by atoms with Gasteiger partial charge in [-0.05, 0) is 6.42 Å². The van der Waals surface area contributed by atoms with Crippen molar-refractivity contribution in [3.8, 4) is 11.3 Å². The van der Waals surface area contributed by atoms with Gasteiger partial charge in [0.05, 0.1) is 5.69 Å². The van der Waals surface area contributed by atoms with Gasteiger partial charge in [0.1, 0.15) is 0 Å². The van der Waals surface area contributed by atoms with Gasteiger partial charge in [0.2, 0.25) is 0 Å². The summed E-state index contributed by atoms with van der Waals surface area (Å²) in [5.41, 5.74) is -0.0728. The molecule has 0 bridgehead atoms. The van der Waals surface area contributed by atoms with E-state index in [0.29, 0.717) is 6.54 Å². The van der Waals surface area contributed by atoms with Gasteiger partial charge in [0.25, 0.3) is 0 Å². The molecule has 1 saturated heterocycles. The molecule has 2 aromatic rings. The minimum atomic E-state index is -4.60. The van der Waals surface area contributed by atoms with Crippen molar-refractivity contribution in [2.24, 2.45) is 7.05 Å². The zero-order valence-electron chi connectivity index (χ0n) is 12.7. The van der Waals surface area contributed by atoms with Crippen molar-refractivity contribution < 1.29 is 18.3 Å². The number of benzene rings is 1. The lowest BCUT2D eigenvalue weighted by Gasteiger charge is -2.26. The first kappa shape index (κ1) is 16.0. The van der Waals surface area contributed by atoms with E-state index >= 15 is 0 Å². The van der Waals surface area contributed by atoms with Crippen LogP contribution in [0.4, 0.5) is 13.2 Å². The molecule has 0 radical (unpaired) electrons. The Hall–Kier alpha value is -1.86. The number of hydrogen-bond donors (Lipinski definition) is 1. The summed E-state index contributed by atoms with van der Waals surface area (Å²) in [4.78, 5) is 1.62. The van der Waals surface area contributed by atoms with E-state index < -0.39 is 18.3 Å². The summed E-state index contributed by atoms with van der Waals surface area (Å²) in [6.07, 6.45) is -3.08. The maximum atomic E-state index is 12.9. The molecule has 1 aromatic carbocycles. The van der Waals surface area contributed by atoms with Crippen molar-refractivity contribution in [1.29, 1.82) is 0 Å². The Morgan fingerprint density at radius 1 is 1.26 bits per heavy atom. The van der Waals surface area contributed by atoms with Crippen LogP contribution in [0.15, 0.2) is 36.5 Å². The maximum absolute atomic E-state index is 12.9. The highest BCUT2D eigenvalue weighted by Crippen LogP contribution is 2.38. The summed E-state index contributed by atoms with van der Waals surface area (Å²) in [6, 6.07) is 9.53. The number of β-amino-alcohol motifs (C(OH)–C–C–N with tert-alkyl or cyclic N) is 1. The molecule has 1 fully saturated rings. The van der Waals surface area contributed by atoms with Gasteiger partial charge < -0.3 is 5.11 Å². The summed E-state index contributed by atoms with van der Waals surface area (Å²) >= 11 is 0. The fraction of sp³-hybridized carbons (Fsp3) is 0.438. The van der Waals surface area contributed by atoms with Crippen LogP contribution in [0.3, 0.4) is 0 Å². The van der Waals surface area contributed by atoms with Crippen molar-refractivity contribution in [1.82, 2.24) is 14.7 Å². The number of halogens is 3. The third kappa shape index (κ3) is 3.11. The van der Waals surface area contributed by atoms with Gasteiger partial charge in [-0.1, -0.05) is 30.3 Å². The lowest BCUT2D eigenvalue weighted by atomic mass is 10.0. The van der Waals surface area contributed by atoms with E-state index in [1.54, 1.807) is 16.6 Å². The molecule has 7 heteroatoms. The van der Waals surface area contributed by atoms with Crippen molar-refractivity contribution in [2.75, 3.05) is 13.1 Å². The maximum Gasteiger partial charge on any atom is 0.418 e. The molecule has 1 unspecified atom stereocenters. The average Bonchev–Trinajstić information content (AvgIpc) is 3.04. The van der Waals surface area contributed by atoms with E-state index in [0.717, 1.165) is 16.8 Å². The number of aliphatic hydroxyl groups is 1. The second-order valence-electron chi connectivity index (χ2n) is 6.03. The average molecular weight is 325 g/mol. The molecule has 1 aromatic heterocycles. The first-order valence-corrected chi connectivity index (χ1v) is 7.38. The van der Waals surface area contributed by atoms with E-state index in [-0.39, 0.29) is 13.0 Å². The summed E-state index contributed by atoms with van der Waals surface area (Å²) < 4.78 is 40.4. The van der Waals surface area contributed by atoms with Crippen molar-refractivity contribution >= 4 is 0 Å². The molecule has 1 aliphatic rings. The first-order chi connectivity index (χ1) is 10.8. The number of aromatic nitrogens is 2. The molecule has 1 N–H and O–H groups in total. The van der Waals surface area contributed by atoms with Crippen molar-refractivity contribution in [3.05, 3.63) is 42.1 Å². The highest BCUT2D eigenvalue weighted by atomic mass is 19.4. The molecule has 4 nitrogen and oxygen atoms in total. The molecular formula is C16H18F3N3O. The number of alkyl halides is 3. The van der Waals surface area contributed by atoms with Crippen LogP contribution in [0.5, 0.6) is 0 Å². The molecule has 0 amide bonds. The van der Waals surface area contributed by atoms with Gasteiger partial charge >= 0.3 is 6.18 Å². The first-order valence-electron chi connectivity index (χ1n) is 7.38. The second-order valence-corrected chi connectivity index (χ2v) is 6.03. The van der Waals surface area contributed by atoms with E-state index in [1.807, 2.05) is 36.5 Å². The number of nitrogens with zero attached hydrogens (tertiary/aromatic N) is 3. The molecule has 1 aliphatic heterocycles. The van der Waals surface area contributed by atoms with Crippen LogP contribution >= 0.6 is 0 Å². The van der Waals surface area contributed by atoms with Gasteiger partial charge in [-0.3, -0.25) is 9.58 Å². The van der Waals surface area contributed by atoms with Gasteiger partial charge in [0, 0.05) is 44.0 Å². The number of aryl methyl sites for hydroxylation is 1. The molecule has 1 atom stereocenters. The molecular weight excluding hydrogens is 307 g/mol. The molecule has 0 saturated carbocycles. The Balaban J connectivity index is 1.80. The number of likely N-dealkylation sites (tertiary alicyclic amines) is 1. The Bertz CT molecular complexity index is 684. The van der Waals surface area contributed by atoms with Crippen LogP contribution in [0.2, 0.25) is 0 Å². The predicted molar refractivity (Wildman–Crippen MR) is 79.5 cm³/mol. The summed E-state index contributed by atoms with van der Waals surface area (Å²) in [5, 5.41) is 14.2. The molecule has 0 spiro atoms. The van der Waals surface area contributed by atoms with Crippen LogP contribution < -0.4 is 0 Å².